The molecule has 0 aliphatic rings. The number of hydrazone groups is 1. The van der Waals surface area contributed by atoms with E-state index in [0.717, 1.165) is 30.8 Å². The molecule has 0 amide bonds. The summed E-state index contributed by atoms with van der Waals surface area (Å²) in [6.07, 6.45) is 4.14. The van der Waals surface area contributed by atoms with Gasteiger partial charge in [0, 0.05) is 0 Å². The summed E-state index contributed by atoms with van der Waals surface area (Å²) >= 11 is 4.89. The van der Waals surface area contributed by atoms with Crippen molar-refractivity contribution in [3.63, 3.8) is 0 Å². The van der Waals surface area contributed by atoms with E-state index < -0.39 is 0 Å². The summed E-state index contributed by atoms with van der Waals surface area (Å²) in [7, 11) is 0. The Balaban J connectivity index is 2.58. The molecular weight excluding hydrogens is 284 g/mol. The second-order valence-electron chi connectivity index (χ2n) is 4.39. The van der Waals surface area contributed by atoms with Gasteiger partial charge in [-0.3, -0.25) is 0 Å². The smallest absolute Gasteiger partial charge is 0.186 e. The van der Waals surface area contributed by atoms with Crippen LogP contribution < -0.4 is 10.5 Å². The van der Waals surface area contributed by atoms with Gasteiger partial charge in [-0.05, 0) is 48.5 Å². The molecule has 0 fully saturated rings. The van der Waals surface area contributed by atoms with E-state index in [4.69, 9.17) is 28.0 Å². The summed E-state index contributed by atoms with van der Waals surface area (Å²) in [5.41, 5.74) is 6.46. The first-order valence-electron chi connectivity index (χ1n) is 6.88. The molecule has 0 bridgehead atoms. The zero-order chi connectivity index (χ0) is 15.5. The van der Waals surface area contributed by atoms with Gasteiger partial charge in [-0.15, -0.1) is 0 Å². The van der Waals surface area contributed by atoms with Crippen LogP contribution in [0.25, 0.3) is 0 Å². The van der Waals surface area contributed by atoms with Crippen LogP contribution in [0.5, 0.6) is 5.75 Å². The average molecular weight is 304 g/mol. The Morgan fingerprint density at radius 1 is 1.48 bits per heavy atom. The van der Waals surface area contributed by atoms with Crippen LogP contribution in [0.3, 0.4) is 0 Å². The summed E-state index contributed by atoms with van der Waals surface area (Å²) in [6.45, 7) is 3.25. The number of ether oxygens (including phenoxy) is 1. The number of unbranched alkanes of at least 4 members (excludes halogenated alkanes) is 1. The lowest BCUT2D eigenvalue weighted by molar-refractivity contribution is 0.309. The van der Waals surface area contributed by atoms with Gasteiger partial charge in [-0.2, -0.15) is 10.4 Å². The minimum absolute atomic E-state index is 0.154. The first-order valence-corrected chi connectivity index (χ1v) is 7.29. The van der Waals surface area contributed by atoms with Crippen molar-refractivity contribution in [1.82, 2.24) is 5.01 Å². The maximum atomic E-state index is 8.57. The van der Waals surface area contributed by atoms with Crippen molar-refractivity contribution in [2.24, 2.45) is 10.8 Å². The zero-order valence-electron chi connectivity index (χ0n) is 12.2. The van der Waals surface area contributed by atoms with Crippen LogP contribution in [0, 0.1) is 11.3 Å². The molecular formula is C15H20N4OS. The lowest BCUT2D eigenvalue weighted by Gasteiger charge is -2.14. The Morgan fingerprint density at radius 3 is 2.76 bits per heavy atom. The highest BCUT2D eigenvalue weighted by molar-refractivity contribution is 7.80. The number of nitrogens with two attached hydrogens (primary N) is 1. The minimum atomic E-state index is 0.154. The molecule has 0 saturated carbocycles. The summed E-state index contributed by atoms with van der Waals surface area (Å²) in [6, 6.07) is 9.66. The fourth-order valence-electron chi connectivity index (χ4n) is 1.50. The average Bonchev–Trinajstić information content (AvgIpc) is 2.48. The van der Waals surface area contributed by atoms with Crippen LogP contribution >= 0.6 is 12.2 Å². The number of thiocarbonyl (C=S) groups is 1. The normalized spacial score (nSPS) is 10.3. The highest BCUT2D eigenvalue weighted by atomic mass is 32.1. The highest BCUT2D eigenvalue weighted by Crippen LogP contribution is 2.11. The first-order chi connectivity index (χ1) is 10.2. The lowest BCUT2D eigenvalue weighted by atomic mass is 10.2. The van der Waals surface area contributed by atoms with E-state index in [1.807, 2.05) is 30.3 Å². The number of hydrogen-bond donors (Lipinski definition) is 1. The second kappa shape index (κ2) is 9.72. The quantitative estimate of drug-likeness (QED) is 0.346. The van der Waals surface area contributed by atoms with Gasteiger partial charge in [0.05, 0.1) is 31.9 Å². The molecule has 0 radical (unpaired) electrons. The molecule has 1 aromatic rings. The fraction of sp³-hybridized carbons (Fsp3) is 0.400. The molecule has 0 aromatic heterocycles. The van der Waals surface area contributed by atoms with Crippen molar-refractivity contribution in [1.29, 1.82) is 5.26 Å². The number of nitriles is 1. The molecule has 112 valence electrons. The van der Waals surface area contributed by atoms with Gasteiger partial charge in [0.25, 0.3) is 0 Å². The largest absolute Gasteiger partial charge is 0.494 e. The van der Waals surface area contributed by atoms with Gasteiger partial charge in [-0.25, -0.2) is 5.01 Å². The van der Waals surface area contributed by atoms with E-state index >= 15 is 0 Å². The molecule has 0 aliphatic carbocycles. The molecule has 0 saturated heterocycles. The van der Waals surface area contributed by atoms with E-state index in [2.05, 4.69) is 12.0 Å². The van der Waals surface area contributed by atoms with E-state index in [1.165, 1.54) is 5.01 Å². The maximum absolute atomic E-state index is 8.57. The Hall–Kier alpha value is -2.13. The highest BCUT2D eigenvalue weighted by Gasteiger charge is 2.02. The Kier molecular flexibility index (Phi) is 7.84. The third-order valence-corrected chi connectivity index (χ3v) is 2.89. The number of hydrogen-bond acceptors (Lipinski definition) is 4. The van der Waals surface area contributed by atoms with Gasteiger partial charge in [0.15, 0.2) is 5.11 Å². The molecule has 2 N–H and O–H groups in total. The summed E-state index contributed by atoms with van der Waals surface area (Å²) in [4.78, 5) is 0. The maximum Gasteiger partial charge on any atom is 0.186 e. The van der Waals surface area contributed by atoms with Gasteiger partial charge >= 0.3 is 0 Å². The van der Waals surface area contributed by atoms with Crippen molar-refractivity contribution >= 4 is 23.5 Å². The number of rotatable bonds is 8. The van der Waals surface area contributed by atoms with Gasteiger partial charge in [0.2, 0.25) is 0 Å². The van der Waals surface area contributed by atoms with Crippen molar-refractivity contribution in [2.45, 2.75) is 26.2 Å². The standard InChI is InChI=1S/C15H20N4OS/c1-2-3-11-20-14-7-5-13(6-8-14)12-18-19(15(17)21)10-4-9-16/h5-8,12H,2-4,10-11H2,1H3,(H2,17,21)/b18-12-. The SMILES string of the molecule is CCCCOc1ccc(/C=N\N(CCC#N)C(N)=S)cc1. The topological polar surface area (TPSA) is 74.6 Å². The van der Waals surface area contributed by atoms with Crippen molar-refractivity contribution in [3.8, 4) is 11.8 Å². The molecule has 1 aromatic carbocycles. The molecule has 1 rings (SSSR count). The van der Waals surface area contributed by atoms with E-state index in [1.54, 1.807) is 6.21 Å². The molecule has 0 atom stereocenters. The molecule has 0 spiro atoms. The van der Waals surface area contributed by atoms with Gasteiger partial charge < -0.3 is 10.5 Å². The van der Waals surface area contributed by atoms with Crippen LogP contribution in [-0.4, -0.2) is 29.5 Å². The zero-order valence-corrected chi connectivity index (χ0v) is 13.0. The predicted octanol–water partition coefficient (Wildman–Crippen LogP) is 2.66. The van der Waals surface area contributed by atoms with E-state index in [0.29, 0.717) is 13.0 Å². The van der Waals surface area contributed by atoms with Crippen LogP contribution in [0.1, 0.15) is 31.7 Å². The Labute approximate surface area is 131 Å². The molecule has 21 heavy (non-hydrogen) atoms. The minimum Gasteiger partial charge on any atom is -0.494 e. The van der Waals surface area contributed by atoms with Crippen LogP contribution in [-0.2, 0) is 0 Å². The van der Waals surface area contributed by atoms with Crippen molar-refractivity contribution in [3.05, 3.63) is 29.8 Å². The molecule has 0 heterocycles. The second-order valence-corrected chi connectivity index (χ2v) is 4.80. The van der Waals surface area contributed by atoms with Gasteiger partial charge in [0.1, 0.15) is 5.75 Å². The van der Waals surface area contributed by atoms with Crippen LogP contribution in [0.2, 0.25) is 0 Å². The van der Waals surface area contributed by atoms with E-state index in [9.17, 15) is 0 Å². The van der Waals surface area contributed by atoms with Crippen LogP contribution in [0.4, 0.5) is 0 Å². The molecule has 5 nitrogen and oxygen atoms in total. The summed E-state index contributed by atoms with van der Waals surface area (Å²) in [5.74, 6) is 0.844. The summed E-state index contributed by atoms with van der Waals surface area (Å²) < 4.78 is 5.59. The molecule has 0 aliphatic heterocycles. The number of nitrogens with zero attached hydrogens (tertiary/aromatic N) is 3. The Bertz CT molecular complexity index is 507. The van der Waals surface area contributed by atoms with Crippen LogP contribution in [0.15, 0.2) is 29.4 Å². The monoisotopic (exact) mass is 304 g/mol. The number of benzene rings is 1. The van der Waals surface area contributed by atoms with Crippen molar-refractivity contribution < 1.29 is 4.74 Å². The first kappa shape index (κ1) is 16.9. The van der Waals surface area contributed by atoms with Crippen molar-refractivity contribution in [2.75, 3.05) is 13.2 Å². The lowest BCUT2D eigenvalue weighted by Crippen LogP contribution is -2.31. The van der Waals surface area contributed by atoms with Gasteiger partial charge in [-0.1, -0.05) is 13.3 Å². The molecule has 0 unspecified atom stereocenters. The van der Waals surface area contributed by atoms with E-state index in [-0.39, 0.29) is 5.11 Å². The third kappa shape index (κ3) is 6.72. The summed E-state index contributed by atoms with van der Waals surface area (Å²) in [5, 5.41) is 14.3. The predicted molar refractivity (Wildman–Crippen MR) is 88.2 cm³/mol. The Morgan fingerprint density at radius 2 is 2.19 bits per heavy atom. The fourth-order valence-corrected chi connectivity index (χ4v) is 1.64. The third-order valence-electron chi connectivity index (χ3n) is 2.68. The molecule has 6 heteroatoms.